The van der Waals surface area contributed by atoms with Gasteiger partial charge in [-0.25, -0.2) is 9.37 Å². The SMILES string of the molecule is Cc1cc(-n2cncc2C(C)N)ccc1F. The quantitative estimate of drug-likeness (QED) is 0.842. The molecule has 0 aliphatic rings. The molecule has 0 spiro atoms. The van der Waals surface area contributed by atoms with Gasteiger partial charge in [-0.3, -0.25) is 0 Å². The van der Waals surface area contributed by atoms with Gasteiger partial charge in [-0.15, -0.1) is 0 Å². The lowest BCUT2D eigenvalue weighted by Gasteiger charge is -2.11. The third-order valence-corrected chi connectivity index (χ3v) is 2.55. The molecule has 0 fully saturated rings. The summed E-state index contributed by atoms with van der Waals surface area (Å²) in [6.07, 6.45) is 3.41. The number of imidazole rings is 1. The van der Waals surface area contributed by atoms with Crippen LogP contribution in [-0.4, -0.2) is 9.55 Å². The Morgan fingerprint density at radius 3 is 2.81 bits per heavy atom. The fourth-order valence-electron chi connectivity index (χ4n) is 1.64. The molecular formula is C12H14FN3. The lowest BCUT2D eigenvalue weighted by Crippen LogP contribution is -2.10. The van der Waals surface area contributed by atoms with Gasteiger partial charge in [-0.2, -0.15) is 0 Å². The minimum atomic E-state index is -0.203. The zero-order valence-corrected chi connectivity index (χ0v) is 9.31. The molecule has 16 heavy (non-hydrogen) atoms. The molecule has 0 saturated carbocycles. The predicted octanol–water partition coefficient (Wildman–Crippen LogP) is 2.34. The highest BCUT2D eigenvalue weighted by atomic mass is 19.1. The lowest BCUT2D eigenvalue weighted by molar-refractivity contribution is 0.617. The first-order valence-electron chi connectivity index (χ1n) is 5.14. The predicted molar refractivity (Wildman–Crippen MR) is 60.9 cm³/mol. The van der Waals surface area contributed by atoms with E-state index in [1.807, 2.05) is 11.5 Å². The van der Waals surface area contributed by atoms with Crippen LogP contribution in [0.5, 0.6) is 0 Å². The van der Waals surface area contributed by atoms with Crippen LogP contribution in [0, 0.1) is 12.7 Å². The Hall–Kier alpha value is -1.68. The number of aromatic nitrogens is 2. The van der Waals surface area contributed by atoms with Crippen molar-refractivity contribution >= 4 is 0 Å². The summed E-state index contributed by atoms with van der Waals surface area (Å²) in [7, 11) is 0. The van der Waals surface area contributed by atoms with E-state index in [2.05, 4.69) is 4.98 Å². The molecule has 0 saturated heterocycles. The van der Waals surface area contributed by atoms with E-state index in [4.69, 9.17) is 5.73 Å². The van der Waals surface area contributed by atoms with Crippen LogP contribution in [0.2, 0.25) is 0 Å². The fourth-order valence-corrected chi connectivity index (χ4v) is 1.64. The summed E-state index contributed by atoms with van der Waals surface area (Å²) in [5.41, 5.74) is 8.23. The van der Waals surface area contributed by atoms with Crippen LogP contribution < -0.4 is 5.73 Å². The van der Waals surface area contributed by atoms with Crippen molar-refractivity contribution in [1.82, 2.24) is 9.55 Å². The average Bonchev–Trinajstić information content (AvgIpc) is 2.71. The maximum absolute atomic E-state index is 13.1. The molecule has 1 heterocycles. The molecular weight excluding hydrogens is 205 g/mol. The Morgan fingerprint density at radius 2 is 2.19 bits per heavy atom. The molecule has 1 unspecified atom stereocenters. The first-order chi connectivity index (χ1) is 7.59. The van der Waals surface area contributed by atoms with Crippen LogP contribution >= 0.6 is 0 Å². The molecule has 1 aromatic heterocycles. The molecule has 4 heteroatoms. The second kappa shape index (κ2) is 4.06. The molecule has 2 aromatic rings. The van der Waals surface area contributed by atoms with E-state index in [9.17, 15) is 4.39 Å². The Balaban J connectivity index is 2.50. The summed E-state index contributed by atoms with van der Waals surface area (Å²) in [6, 6.07) is 4.85. The van der Waals surface area contributed by atoms with Gasteiger partial charge in [0.05, 0.1) is 18.2 Å². The standard InChI is InChI=1S/C12H14FN3/c1-8-5-10(3-4-11(8)13)16-7-15-6-12(16)9(2)14/h3-7,9H,14H2,1-2H3. The summed E-state index contributed by atoms with van der Waals surface area (Å²) in [5, 5.41) is 0. The molecule has 2 rings (SSSR count). The summed E-state index contributed by atoms with van der Waals surface area (Å²) >= 11 is 0. The zero-order chi connectivity index (χ0) is 11.7. The van der Waals surface area contributed by atoms with Gasteiger partial charge in [0.2, 0.25) is 0 Å². The van der Waals surface area contributed by atoms with E-state index in [1.165, 1.54) is 6.07 Å². The number of rotatable bonds is 2. The summed E-state index contributed by atoms with van der Waals surface area (Å²) in [4.78, 5) is 4.06. The minimum absolute atomic E-state index is 0.104. The zero-order valence-electron chi connectivity index (χ0n) is 9.31. The minimum Gasteiger partial charge on any atom is -0.323 e. The monoisotopic (exact) mass is 219 g/mol. The van der Waals surface area contributed by atoms with Gasteiger partial charge in [0.1, 0.15) is 5.82 Å². The Bertz CT molecular complexity index is 503. The van der Waals surface area contributed by atoms with Crippen molar-refractivity contribution < 1.29 is 4.39 Å². The molecule has 3 nitrogen and oxygen atoms in total. The van der Waals surface area contributed by atoms with Gasteiger partial charge in [0.15, 0.2) is 0 Å². The van der Waals surface area contributed by atoms with Crippen LogP contribution in [-0.2, 0) is 0 Å². The molecule has 0 aliphatic heterocycles. The van der Waals surface area contributed by atoms with Crippen molar-refractivity contribution in [3.8, 4) is 5.69 Å². The Morgan fingerprint density at radius 1 is 1.44 bits per heavy atom. The summed E-state index contributed by atoms with van der Waals surface area (Å²) < 4.78 is 15.0. The maximum atomic E-state index is 13.1. The molecule has 1 aromatic carbocycles. The fraction of sp³-hybridized carbons (Fsp3) is 0.250. The highest BCUT2D eigenvalue weighted by Crippen LogP contribution is 2.18. The van der Waals surface area contributed by atoms with Crippen molar-refractivity contribution in [2.24, 2.45) is 5.73 Å². The normalized spacial score (nSPS) is 12.8. The van der Waals surface area contributed by atoms with E-state index >= 15 is 0 Å². The van der Waals surface area contributed by atoms with Crippen molar-refractivity contribution in [3.63, 3.8) is 0 Å². The van der Waals surface area contributed by atoms with Gasteiger partial charge in [0, 0.05) is 11.7 Å². The van der Waals surface area contributed by atoms with Crippen LogP contribution in [0.4, 0.5) is 4.39 Å². The van der Waals surface area contributed by atoms with Gasteiger partial charge < -0.3 is 10.3 Å². The molecule has 0 amide bonds. The van der Waals surface area contributed by atoms with E-state index in [0.717, 1.165) is 11.4 Å². The summed E-state index contributed by atoms with van der Waals surface area (Å²) in [6.45, 7) is 3.63. The van der Waals surface area contributed by atoms with Gasteiger partial charge in [-0.05, 0) is 37.6 Å². The molecule has 0 bridgehead atoms. The largest absolute Gasteiger partial charge is 0.323 e. The van der Waals surface area contributed by atoms with Crippen molar-refractivity contribution in [1.29, 1.82) is 0 Å². The van der Waals surface area contributed by atoms with Gasteiger partial charge >= 0.3 is 0 Å². The van der Waals surface area contributed by atoms with Gasteiger partial charge in [-0.1, -0.05) is 0 Å². The van der Waals surface area contributed by atoms with Crippen LogP contribution in [0.1, 0.15) is 24.2 Å². The van der Waals surface area contributed by atoms with Crippen molar-refractivity contribution in [2.45, 2.75) is 19.9 Å². The molecule has 2 N–H and O–H groups in total. The Labute approximate surface area is 93.7 Å². The number of aryl methyl sites for hydroxylation is 1. The molecule has 0 radical (unpaired) electrons. The number of nitrogens with zero attached hydrogens (tertiary/aromatic N) is 2. The maximum Gasteiger partial charge on any atom is 0.126 e. The number of halogens is 1. The first kappa shape index (κ1) is 10.8. The van der Waals surface area contributed by atoms with Gasteiger partial charge in [0.25, 0.3) is 0 Å². The van der Waals surface area contributed by atoms with E-state index in [0.29, 0.717) is 5.56 Å². The van der Waals surface area contributed by atoms with Crippen molar-refractivity contribution in [2.75, 3.05) is 0 Å². The van der Waals surface area contributed by atoms with Crippen LogP contribution in [0.15, 0.2) is 30.7 Å². The molecule has 1 atom stereocenters. The Kier molecular flexibility index (Phi) is 2.75. The average molecular weight is 219 g/mol. The van der Waals surface area contributed by atoms with E-state index in [1.54, 1.807) is 31.6 Å². The first-order valence-corrected chi connectivity index (χ1v) is 5.14. The number of hydrogen-bond donors (Lipinski definition) is 1. The highest BCUT2D eigenvalue weighted by Gasteiger charge is 2.09. The molecule has 0 aliphatic carbocycles. The highest BCUT2D eigenvalue weighted by molar-refractivity contribution is 5.38. The van der Waals surface area contributed by atoms with E-state index in [-0.39, 0.29) is 11.9 Å². The number of hydrogen-bond acceptors (Lipinski definition) is 2. The van der Waals surface area contributed by atoms with Crippen LogP contribution in [0.25, 0.3) is 5.69 Å². The van der Waals surface area contributed by atoms with E-state index < -0.39 is 0 Å². The lowest BCUT2D eigenvalue weighted by atomic mass is 10.2. The number of nitrogens with two attached hydrogens (primary N) is 1. The number of benzene rings is 1. The van der Waals surface area contributed by atoms with Crippen molar-refractivity contribution in [3.05, 3.63) is 47.8 Å². The van der Waals surface area contributed by atoms with Crippen LogP contribution in [0.3, 0.4) is 0 Å². The topological polar surface area (TPSA) is 43.8 Å². The molecule has 84 valence electrons. The summed E-state index contributed by atoms with van der Waals surface area (Å²) in [5.74, 6) is -0.203. The second-order valence-electron chi connectivity index (χ2n) is 3.91. The third kappa shape index (κ3) is 1.84. The second-order valence-corrected chi connectivity index (χ2v) is 3.91. The smallest absolute Gasteiger partial charge is 0.126 e. The third-order valence-electron chi connectivity index (χ3n) is 2.55.